The van der Waals surface area contributed by atoms with Crippen molar-refractivity contribution in [3.05, 3.63) is 23.3 Å². The first-order chi connectivity index (χ1) is 13.1. The smallest absolute Gasteiger partial charge is 0.242 e. The normalized spacial score (nSPS) is 15.4. The lowest BCUT2D eigenvalue weighted by Gasteiger charge is -2.23. The van der Waals surface area contributed by atoms with Crippen LogP contribution in [-0.4, -0.2) is 47.4 Å². The number of aromatic nitrogens is 2. The van der Waals surface area contributed by atoms with Gasteiger partial charge in [-0.15, -0.1) is 11.3 Å². The van der Waals surface area contributed by atoms with Crippen LogP contribution < -0.4 is 4.72 Å². The van der Waals surface area contributed by atoms with Crippen molar-refractivity contribution in [1.29, 1.82) is 0 Å². The second kappa shape index (κ2) is 7.96. The van der Waals surface area contributed by atoms with E-state index >= 15 is 0 Å². The van der Waals surface area contributed by atoms with Gasteiger partial charge >= 0.3 is 0 Å². The first-order valence-corrected chi connectivity index (χ1v) is 11.9. The van der Waals surface area contributed by atoms with E-state index in [0.29, 0.717) is 17.1 Å². The Morgan fingerprint density at radius 3 is 2.57 bits per heavy atom. The molecule has 1 aliphatic rings. The summed E-state index contributed by atoms with van der Waals surface area (Å²) in [5.74, 6) is 0.00780. The third-order valence-electron chi connectivity index (χ3n) is 5.08. The van der Waals surface area contributed by atoms with Crippen molar-refractivity contribution in [2.75, 3.05) is 13.1 Å². The Balaban J connectivity index is 1.96. The van der Waals surface area contributed by atoms with Gasteiger partial charge in [0.2, 0.25) is 15.9 Å². The lowest BCUT2D eigenvalue weighted by atomic mass is 10.0. The molecular formula is C19H28N4O3S2. The van der Waals surface area contributed by atoms with Crippen molar-refractivity contribution in [2.45, 2.75) is 63.9 Å². The molecule has 0 atom stereocenters. The summed E-state index contributed by atoms with van der Waals surface area (Å²) in [4.78, 5) is 19.1. The van der Waals surface area contributed by atoms with Gasteiger partial charge in [-0.3, -0.25) is 4.79 Å². The maximum absolute atomic E-state index is 12.9. The molecule has 1 amide bonds. The molecule has 154 valence electrons. The maximum Gasteiger partial charge on any atom is 0.242 e. The molecule has 0 spiro atoms. The molecule has 3 heterocycles. The number of carbonyl (C=O) groups excluding carboxylic acids is 1. The van der Waals surface area contributed by atoms with Gasteiger partial charge in [0.05, 0.1) is 5.69 Å². The van der Waals surface area contributed by atoms with Crippen LogP contribution in [0.3, 0.4) is 0 Å². The standard InChI is InChI=1S/C19H28N4O3S2/c1-5-19(3,4)21-28(25,26)15-10-16(18-20-14(2)13-27-18)23(11-15)12-17(24)22-8-6-7-9-22/h10-11,13,21H,5-9,12H2,1-4H3. The van der Waals surface area contributed by atoms with Gasteiger partial charge < -0.3 is 9.47 Å². The molecule has 1 N–H and O–H groups in total. The quantitative estimate of drug-likeness (QED) is 0.740. The van der Waals surface area contributed by atoms with Crippen molar-refractivity contribution < 1.29 is 13.2 Å². The second-order valence-corrected chi connectivity index (χ2v) is 10.5. The predicted molar refractivity (Wildman–Crippen MR) is 111 cm³/mol. The Kier molecular flexibility index (Phi) is 5.97. The van der Waals surface area contributed by atoms with Crippen LogP contribution in [0.15, 0.2) is 22.5 Å². The van der Waals surface area contributed by atoms with E-state index in [2.05, 4.69) is 9.71 Å². The Morgan fingerprint density at radius 1 is 1.32 bits per heavy atom. The zero-order valence-corrected chi connectivity index (χ0v) is 18.5. The highest BCUT2D eigenvalue weighted by Crippen LogP contribution is 2.29. The second-order valence-electron chi connectivity index (χ2n) is 7.91. The highest BCUT2D eigenvalue weighted by atomic mass is 32.2. The molecule has 28 heavy (non-hydrogen) atoms. The van der Waals surface area contributed by atoms with Crippen molar-refractivity contribution in [2.24, 2.45) is 0 Å². The van der Waals surface area contributed by atoms with Crippen LogP contribution in [0.2, 0.25) is 0 Å². The first kappa shape index (κ1) is 21.0. The summed E-state index contributed by atoms with van der Waals surface area (Å²) in [5, 5.41) is 2.63. The average molecular weight is 425 g/mol. The van der Waals surface area contributed by atoms with E-state index in [1.54, 1.807) is 16.8 Å². The molecule has 0 radical (unpaired) electrons. The summed E-state index contributed by atoms with van der Waals surface area (Å²) in [7, 11) is -3.71. The summed E-state index contributed by atoms with van der Waals surface area (Å²) in [6, 6.07) is 1.61. The van der Waals surface area contributed by atoms with E-state index in [1.165, 1.54) is 11.3 Å². The monoisotopic (exact) mass is 424 g/mol. The number of carbonyl (C=O) groups is 1. The first-order valence-electron chi connectivity index (χ1n) is 9.56. The molecule has 1 aliphatic heterocycles. The lowest BCUT2D eigenvalue weighted by Crippen LogP contribution is -2.42. The molecule has 0 unspecified atom stereocenters. The largest absolute Gasteiger partial charge is 0.341 e. The zero-order chi connectivity index (χ0) is 20.5. The Labute approximate surface area is 170 Å². The number of hydrogen-bond donors (Lipinski definition) is 1. The van der Waals surface area contributed by atoms with E-state index in [1.807, 2.05) is 38.0 Å². The van der Waals surface area contributed by atoms with Crippen LogP contribution in [0.4, 0.5) is 0 Å². The number of sulfonamides is 1. The number of nitrogens with zero attached hydrogens (tertiary/aromatic N) is 3. The summed E-state index contributed by atoms with van der Waals surface area (Å²) in [5.41, 5.74) is 0.970. The Morgan fingerprint density at radius 2 is 2.00 bits per heavy atom. The third kappa shape index (κ3) is 4.64. The molecule has 1 saturated heterocycles. The highest BCUT2D eigenvalue weighted by molar-refractivity contribution is 7.89. The van der Waals surface area contributed by atoms with Crippen LogP contribution in [0.5, 0.6) is 0 Å². The minimum Gasteiger partial charge on any atom is -0.341 e. The molecule has 0 saturated carbocycles. The van der Waals surface area contributed by atoms with E-state index < -0.39 is 15.6 Å². The minimum atomic E-state index is -3.71. The number of thiazole rings is 1. The van der Waals surface area contributed by atoms with Crippen molar-refractivity contribution in [1.82, 2.24) is 19.2 Å². The number of likely N-dealkylation sites (tertiary alicyclic amines) is 1. The van der Waals surface area contributed by atoms with Gasteiger partial charge in [-0.25, -0.2) is 18.1 Å². The predicted octanol–water partition coefficient (Wildman–Crippen LogP) is 3.01. The van der Waals surface area contributed by atoms with Crippen LogP contribution in [-0.2, 0) is 21.4 Å². The fourth-order valence-corrected chi connectivity index (χ4v) is 5.47. The number of amides is 1. The highest BCUT2D eigenvalue weighted by Gasteiger charge is 2.28. The Bertz CT molecular complexity index is 954. The van der Waals surface area contributed by atoms with Gasteiger partial charge in [0.1, 0.15) is 16.4 Å². The summed E-state index contributed by atoms with van der Waals surface area (Å²) < 4.78 is 30.3. The molecule has 1 fully saturated rings. The van der Waals surface area contributed by atoms with Crippen LogP contribution in [0.25, 0.3) is 10.7 Å². The van der Waals surface area contributed by atoms with Crippen LogP contribution in [0.1, 0.15) is 45.7 Å². The third-order valence-corrected chi connectivity index (χ3v) is 7.73. The average Bonchev–Trinajstić information content (AvgIpc) is 3.33. The molecule has 2 aromatic rings. The van der Waals surface area contributed by atoms with E-state index in [-0.39, 0.29) is 17.3 Å². The van der Waals surface area contributed by atoms with Crippen molar-refractivity contribution in [3.63, 3.8) is 0 Å². The van der Waals surface area contributed by atoms with Crippen molar-refractivity contribution >= 4 is 27.3 Å². The topological polar surface area (TPSA) is 84.3 Å². The fraction of sp³-hybridized carbons (Fsp3) is 0.579. The van der Waals surface area contributed by atoms with Gasteiger partial charge in [-0.2, -0.15) is 0 Å². The number of aryl methyl sites for hydroxylation is 1. The van der Waals surface area contributed by atoms with Crippen LogP contribution in [0, 0.1) is 6.92 Å². The SMILES string of the molecule is CCC(C)(C)NS(=O)(=O)c1cc(-c2nc(C)cs2)n(CC(=O)N2CCCC2)c1. The Hall–Kier alpha value is -1.71. The molecule has 2 aromatic heterocycles. The van der Waals surface area contributed by atoms with E-state index in [4.69, 9.17) is 0 Å². The van der Waals surface area contributed by atoms with Gasteiger partial charge in [-0.1, -0.05) is 6.92 Å². The number of nitrogens with one attached hydrogen (secondary N) is 1. The zero-order valence-electron chi connectivity index (χ0n) is 16.9. The molecule has 0 bridgehead atoms. The van der Waals surface area contributed by atoms with Gasteiger partial charge in [0, 0.05) is 35.9 Å². The minimum absolute atomic E-state index is 0.00780. The summed E-state index contributed by atoms with van der Waals surface area (Å²) in [6.45, 7) is 9.18. The van der Waals surface area contributed by atoms with Gasteiger partial charge in [0.15, 0.2) is 0 Å². The summed E-state index contributed by atoms with van der Waals surface area (Å²) >= 11 is 1.45. The molecule has 7 nitrogen and oxygen atoms in total. The van der Waals surface area contributed by atoms with Crippen LogP contribution >= 0.6 is 11.3 Å². The van der Waals surface area contributed by atoms with E-state index in [0.717, 1.165) is 31.6 Å². The number of hydrogen-bond acceptors (Lipinski definition) is 5. The molecule has 0 aliphatic carbocycles. The van der Waals surface area contributed by atoms with Crippen molar-refractivity contribution in [3.8, 4) is 10.7 Å². The number of rotatable bonds is 7. The van der Waals surface area contributed by atoms with Gasteiger partial charge in [0.25, 0.3) is 0 Å². The molecule has 9 heteroatoms. The summed E-state index contributed by atoms with van der Waals surface area (Å²) in [6.07, 6.45) is 4.25. The molecule has 3 rings (SSSR count). The fourth-order valence-electron chi connectivity index (χ4n) is 3.12. The maximum atomic E-state index is 12.9. The molecular weight excluding hydrogens is 396 g/mol. The molecule has 0 aromatic carbocycles. The van der Waals surface area contributed by atoms with Gasteiger partial charge in [-0.05, 0) is 46.1 Å². The van der Waals surface area contributed by atoms with E-state index in [9.17, 15) is 13.2 Å². The lowest BCUT2D eigenvalue weighted by molar-refractivity contribution is -0.130.